The number of aromatic nitrogens is 1. The van der Waals surface area contributed by atoms with Gasteiger partial charge in [0.25, 0.3) is 5.91 Å². The summed E-state index contributed by atoms with van der Waals surface area (Å²) in [5.41, 5.74) is 2.41. The summed E-state index contributed by atoms with van der Waals surface area (Å²) >= 11 is 0. The first-order valence-electron chi connectivity index (χ1n) is 9.26. The molecule has 0 saturated heterocycles. The zero-order valence-corrected chi connectivity index (χ0v) is 16.7. The van der Waals surface area contributed by atoms with Crippen LogP contribution >= 0.6 is 0 Å². The molecule has 2 aromatic carbocycles. The van der Waals surface area contributed by atoms with Crippen LogP contribution in [-0.4, -0.2) is 25.1 Å². The maximum absolute atomic E-state index is 12.8. The Morgan fingerprint density at radius 3 is 2.21 bits per heavy atom. The van der Waals surface area contributed by atoms with E-state index in [-0.39, 0.29) is 11.9 Å². The molecule has 6 heteroatoms. The molecule has 0 spiro atoms. The summed E-state index contributed by atoms with van der Waals surface area (Å²) in [7, 11) is 3.07. The van der Waals surface area contributed by atoms with Crippen LogP contribution in [0.25, 0.3) is 0 Å². The van der Waals surface area contributed by atoms with Gasteiger partial charge in [0.15, 0.2) is 11.5 Å². The van der Waals surface area contributed by atoms with Gasteiger partial charge < -0.3 is 19.5 Å². The van der Waals surface area contributed by atoms with Crippen molar-refractivity contribution in [2.75, 3.05) is 14.2 Å². The minimum atomic E-state index is -0.236. The summed E-state index contributed by atoms with van der Waals surface area (Å²) in [6.07, 6.45) is 3.39. The van der Waals surface area contributed by atoms with Gasteiger partial charge in [-0.2, -0.15) is 0 Å². The average Bonchev–Trinajstić information content (AvgIpc) is 2.78. The second-order valence-electron chi connectivity index (χ2n) is 6.46. The van der Waals surface area contributed by atoms with E-state index in [0.717, 1.165) is 11.1 Å². The number of methoxy groups -OCH3 is 2. The van der Waals surface area contributed by atoms with E-state index in [1.54, 1.807) is 24.5 Å². The molecule has 1 atom stereocenters. The Labute approximate surface area is 170 Å². The van der Waals surface area contributed by atoms with Gasteiger partial charge in [0.1, 0.15) is 6.61 Å². The van der Waals surface area contributed by atoms with Gasteiger partial charge in [0, 0.05) is 18.0 Å². The highest BCUT2D eigenvalue weighted by Crippen LogP contribution is 2.39. The van der Waals surface area contributed by atoms with Gasteiger partial charge in [0.2, 0.25) is 5.75 Å². The second kappa shape index (κ2) is 9.59. The predicted octanol–water partition coefficient (Wildman–Crippen LogP) is 4.17. The smallest absolute Gasteiger partial charge is 0.252 e. The van der Waals surface area contributed by atoms with Crippen LogP contribution in [0.4, 0.5) is 0 Å². The molecule has 1 N–H and O–H groups in total. The Hall–Kier alpha value is -3.54. The number of amides is 1. The molecule has 1 amide bonds. The zero-order chi connectivity index (χ0) is 20.6. The van der Waals surface area contributed by atoms with E-state index in [1.165, 1.54) is 14.2 Å². The summed E-state index contributed by atoms with van der Waals surface area (Å²) in [6, 6.07) is 16.7. The molecule has 6 nitrogen and oxygen atoms in total. The first kappa shape index (κ1) is 20.2. The summed E-state index contributed by atoms with van der Waals surface area (Å²) in [5, 5.41) is 2.97. The van der Waals surface area contributed by atoms with Crippen molar-refractivity contribution in [3.63, 3.8) is 0 Å². The van der Waals surface area contributed by atoms with Crippen LogP contribution in [0, 0.1) is 0 Å². The molecule has 0 aliphatic rings. The molecule has 0 bridgehead atoms. The molecule has 0 saturated carbocycles. The Morgan fingerprint density at radius 2 is 1.62 bits per heavy atom. The number of hydrogen-bond donors (Lipinski definition) is 1. The maximum atomic E-state index is 12.8. The third-order valence-corrected chi connectivity index (χ3v) is 4.50. The van der Waals surface area contributed by atoms with Crippen LogP contribution in [0.5, 0.6) is 17.2 Å². The van der Waals surface area contributed by atoms with Crippen LogP contribution in [-0.2, 0) is 6.61 Å². The van der Waals surface area contributed by atoms with Gasteiger partial charge in [-0.05, 0) is 42.3 Å². The van der Waals surface area contributed by atoms with Crippen molar-refractivity contribution >= 4 is 5.91 Å². The minimum absolute atomic E-state index is 0.170. The van der Waals surface area contributed by atoms with Gasteiger partial charge in [-0.3, -0.25) is 9.78 Å². The summed E-state index contributed by atoms with van der Waals surface area (Å²) in [4.78, 5) is 16.8. The van der Waals surface area contributed by atoms with Crippen LogP contribution < -0.4 is 19.5 Å². The lowest BCUT2D eigenvalue weighted by Crippen LogP contribution is -2.26. The zero-order valence-electron chi connectivity index (χ0n) is 16.7. The Kier molecular flexibility index (Phi) is 6.68. The molecule has 0 radical (unpaired) electrons. The molecule has 0 aliphatic carbocycles. The number of pyridine rings is 1. The van der Waals surface area contributed by atoms with E-state index in [4.69, 9.17) is 14.2 Å². The lowest BCUT2D eigenvalue weighted by Gasteiger charge is -2.18. The number of hydrogen-bond acceptors (Lipinski definition) is 5. The lowest BCUT2D eigenvalue weighted by molar-refractivity contribution is 0.0939. The highest BCUT2D eigenvalue weighted by molar-refractivity contribution is 5.95. The van der Waals surface area contributed by atoms with Crippen LogP contribution in [0.15, 0.2) is 67.0 Å². The fourth-order valence-corrected chi connectivity index (χ4v) is 2.90. The SMILES string of the molecule is COc1cc(C(=O)NC(C)c2ccncc2)cc(OC)c1OCc1ccccc1. The van der Waals surface area contributed by atoms with E-state index in [9.17, 15) is 4.79 Å². The van der Waals surface area contributed by atoms with Crippen molar-refractivity contribution in [2.45, 2.75) is 19.6 Å². The monoisotopic (exact) mass is 392 g/mol. The third kappa shape index (κ3) is 5.04. The fraction of sp³-hybridized carbons (Fsp3) is 0.217. The molecular formula is C23H24N2O4. The van der Waals surface area contributed by atoms with E-state index in [2.05, 4.69) is 10.3 Å². The summed E-state index contributed by atoms with van der Waals surface area (Å²) < 4.78 is 16.9. The average molecular weight is 392 g/mol. The van der Waals surface area contributed by atoms with Crippen molar-refractivity contribution in [1.82, 2.24) is 10.3 Å². The van der Waals surface area contributed by atoms with Gasteiger partial charge in [-0.25, -0.2) is 0 Å². The van der Waals surface area contributed by atoms with Crippen LogP contribution in [0.2, 0.25) is 0 Å². The van der Waals surface area contributed by atoms with Crippen molar-refractivity contribution in [1.29, 1.82) is 0 Å². The Balaban J connectivity index is 1.80. The molecule has 0 aliphatic heterocycles. The first-order valence-corrected chi connectivity index (χ1v) is 9.26. The minimum Gasteiger partial charge on any atom is -0.493 e. The maximum Gasteiger partial charge on any atom is 0.252 e. The standard InChI is InChI=1S/C23H24N2O4/c1-16(18-9-11-24-12-10-18)25-23(26)19-13-20(27-2)22(21(14-19)28-3)29-15-17-7-5-4-6-8-17/h4-14,16H,15H2,1-3H3,(H,25,26). The number of nitrogens with zero attached hydrogens (tertiary/aromatic N) is 1. The van der Waals surface area contributed by atoms with Gasteiger partial charge in [0.05, 0.1) is 20.3 Å². The van der Waals surface area contributed by atoms with E-state index >= 15 is 0 Å². The van der Waals surface area contributed by atoms with E-state index in [0.29, 0.717) is 29.4 Å². The number of carbonyl (C=O) groups excluding carboxylic acids is 1. The highest BCUT2D eigenvalue weighted by Gasteiger charge is 2.19. The molecule has 3 rings (SSSR count). The van der Waals surface area contributed by atoms with E-state index in [1.807, 2.05) is 49.4 Å². The Morgan fingerprint density at radius 1 is 1.00 bits per heavy atom. The molecule has 1 unspecified atom stereocenters. The van der Waals surface area contributed by atoms with Crippen molar-refractivity contribution in [2.24, 2.45) is 0 Å². The van der Waals surface area contributed by atoms with Crippen LogP contribution in [0.1, 0.15) is 34.5 Å². The largest absolute Gasteiger partial charge is 0.493 e. The second-order valence-corrected chi connectivity index (χ2v) is 6.46. The van der Waals surface area contributed by atoms with Gasteiger partial charge in [-0.15, -0.1) is 0 Å². The quantitative estimate of drug-likeness (QED) is 0.623. The highest BCUT2D eigenvalue weighted by atomic mass is 16.5. The fourth-order valence-electron chi connectivity index (χ4n) is 2.90. The molecule has 150 valence electrons. The topological polar surface area (TPSA) is 69.7 Å². The number of rotatable bonds is 8. The number of benzene rings is 2. The number of carbonyl (C=O) groups is 1. The number of nitrogens with one attached hydrogen (secondary N) is 1. The molecule has 1 heterocycles. The van der Waals surface area contributed by atoms with E-state index < -0.39 is 0 Å². The molecule has 0 fully saturated rings. The van der Waals surface area contributed by atoms with Gasteiger partial charge in [-0.1, -0.05) is 30.3 Å². The predicted molar refractivity (Wildman–Crippen MR) is 110 cm³/mol. The van der Waals surface area contributed by atoms with Crippen molar-refractivity contribution < 1.29 is 19.0 Å². The van der Waals surface area contributed by atoms with Crippen molar-refractivity contribution in [3.05, 3.63) is 83.7 Å². The van der Waals surface area contributed by atoms with Gasteiger partial charge >= 0.3 is 0 Å². The Bertz CT molecular complexity index is 921. The summed E-state index contributed by atoms with van der Waals surface area (Å²) in [6.45, 7) is 2.28. The molecular weight excluding hydrogens is 368 g/mol. The molecule has 1 aromatic heterocycles. The summed E-state index contributed by atoms with van der Waals surface area (Å²) in [5.74, 6) is 1.09. The van der Waals surface area contributed by atoms with Crippen molar-refractivity contribution in [3.8, 4) is 17.2 Å². The normalized spacial score (nSPS) is 11.4. The van der Waals surface area contributed by atoms with Crippen LogP contribution in [0.3, 0.4) is 0 Å². The third-order valence-electron chi connectivity index (χ3n) is 4.50. The lowest BCUT2D eigenvalue weighted by atomic mass is 10.1. The molecule has 29 heavy (non-hydrogen) atoms. The molecule has 3 aromatic rings. The number of ether oxygens (including phenoxy) is 3. The first-order chi connectivity index (χ1) is 14.1.